The first-order valence-electron chi connectivity index (χ1n) is 8.44. The highest BCUT2D eigenvalue weighted by Gasteiger charge is 1.98. The quantitative estimate of drug-likeness (QED) is 0.358. The topological polar surface area (TPSA) is 38.4 Å². The molecule has 0 radical (unpaired) electrons. The van der Waals surface area contributed by atoms with E-state index in [0.717, 1.165) is 35.5 Å². The van der Waals surface area contributed by atoms with E-state index in [2.05, 4.69) is 45.7 Å². The van der Waals surface area contributed by atoms with Crippen molar-refractivity contribution in [3.63, 3.8) is 0 Å². The molecule has 0 aliphatic heterocycles. The van der Waals surface area contributed by atoms with Gasteiger partial charge in [-0.3, -0.25) is 4.99 Å². The van der Waals surface area contributed by atoms with Gasteiger partial charge >= 0.3 is 0 Å². The van der Waals surface area contributed by atoms with Crippen molar-refractivity contribution in [2.24, 2.45) is 4.99 Å². The average Bonchev–Trinajstić information content (AvgIpc) is 2.43. The summed E-state index contributed by atoms with van der Waals surface area (Å²) in [5.74, 6) is 0. The second kappa shape index (κ2) is 12.0. The maximum atomic E-state index is 5.72. The Morgan fingerprint density at radius 1 is 1.14 bits per heavy atom. The van der Waals surface area contributed by atoms with E-state index >= 15 is 0 Å². The van der Waals surface area contributed by atoms with Crippen LogP contribution in [0.2, 0.25) is 0 Å². The van der Waals surface area contributed by atoms with Gasteiger partial charge in [0.2, 0.25) is 0 Å². The van der Waals surface area contributed by atoms with Crippen LogP contribution in [0.5, 0.6) is 0 Å². The van der Waals surface area contributed by atoms with Crippen LogP contribution in [0, 0.1) is 6.92 Å². The standard InChI is InChI=1S/C15H22N2.C5H12/c1-11(2)6-5-7-13(4)17-15-9-8-14(16)10-12(15)3;1-3-5-4-2/h6,8-10H,5,7,16H2,1-4H3;3-5H2,1-2H3. The monoisotopic (exact) mass is 302 g/mol. The van der Waals surface area contributed by atoms with Gasteiger partial charge in [-0.2, -0.15) is 0 Å². The zero-order valence-electron chi connectivity index (χ0n) is 15.4. The van der Waals surface area contributed by atoms with Crippen molar-refractivity contribution in [2.75, 3.05) is 5.73 Å². The molecule has 1 aromatic carbocycles. The molecule has 1 rings (SSSR count). The van der Waals surface area contributed by atoms with Gasteiger partial charge in [0.15, 0.2) is 0 Å². The number of allylic oxidation sites excluding steroid dienone is 2. The van der Waals surface area contributed by atoms with Gasteiger partial charge in [-0.05, 0) is 64.3 Å². The molecule has 0 amide bonds. The van der Waals surface area contributed by atoms with Crippen LogP contribution in [0.25, 0.3) is 0 Å². The lowest BCUT2D eigenvalue weighted by molar-refractivity contribution is 0.772. The Morgan fingerprint density at radius 2 is 1.77 bits per heavy atom. The molecule has 0 saturated carbocycles. The third-order valence-corrected chi connectivity index (χ3v) is 3.30. The number of anilines is 1. The highest BCUT2D eigenvalue weighted by Crippen LogP contribution is 2.21. The molecule has 0 bridgehead atoms. The Hall–Kier alpha value is -1.57. The number of aliphatic imine (C=N–C) groups is 1. The summed E-state index contributed by atoms with van der Waals surface area (Å²) in [5, 5.41) is 0. The summed E-state index contributed by atoms with van der Waals surface area (Å²) in [6, 6.07) is 5.84. The number of benzene rings is 1. The van der Waals surface area contributed by atoms with Crippen LogP contribution in [0.4, 0.5) is 11.4 Å². The molecule has 0 saturated heterocycles. The van der Waals surface area contributed by atoms with E-state index in [4.69, 9.17) is 5.73 Å². The van der Waals surface area contributed by atoms with Crippen LogP contribution < -0.4 is 5.73 Å². The van der Waals surface area contributed by atoms with Crippen LogP contribution in [-0.4, -0.2) is 5.71 Å². The third-order valence-electron chi connectivity index (χ3n) is 3.30. The largest absolute Gasteiger partial charge is 0.399 e. The molecular weight excluding hydrogens is 268 g/mol. The molecule has 2 nitrogen and oxygen atoms in total. The van der Waals surface area contributed by atoms with E-state index < -0.39 is 0 Å². The molecule has 0 aliphatic carbocycles. The van der Waals surface area contributed by atoms with E-state index in [0.29, 0.717) is 0 Å². The van der Waals surface area contributed by atoms with E-state index in [1.807, 2.05) is 25.1 Å². The number of nitrogens with zero attached hydrogens (tertiary/aromatic N) is 1. The van der Waals surface area contributed by atoms with Gasteiger partial charge in [0, 0.05) is 11.4 Å². The second-order valence-corrected chi connectivity index (χ2v) is 6.07. The van der Waals surface area contributed by atoms with Crippen molar-refractivity contribution in [2.45, 2.75) is 73.6 Å². The second-order valence-electron chi connectivity index (χ2n) is 6.07. The highest BCUT2D eigenvalue weighted by molar-refractivity contribution is 5.85. The van der Waals surface area contributed by atoms with Gasteiger partial charge in [0.25, 0.3) is 0 Å². The SMILES string of the molecule is CC(C)=CCCC(C)=Nc1ccc(N)cc1C.CCCCC. The lowest BCUT2D eigenvalue weighted by atomic mass is 10.1. The van der Waals surface area contributed by atoms with Gasteiger partial charge < -0.3 is 5.73 Å². The molecule has 0 heterocycles. The predicted molar refractivity (Wildman–Crippen MR) is 102 cm³/mol. The molecule has 124 valence electrons. The molecular formula is C20H34N2. The Labute approximate surface area is 137 Å². The fraction of sp³-hybridized carbons (Fsp3) is 0.550. The van der Waals surface area contributed by atoms with E-state index in [9.17, 15) is 0 Å². The maximum Gasteiger partial charge on any atom is 0.0659 e. The molecule has 22 heavy (non-hydrogen) atoms. The van der Waals surface area contributed by atoms with Gasteiger partial charge in [0.05, 0.1) is 5.69 Å². The predicted octanol–water partition coefficient (Wildman–Crippen LogP) is 6.61. The zero-order valence-corrected chi connectivity index (χ0v) is 15.4. The van der Waals surface area contributed by atoms with Gasteiger partial charge in [-0.1, -0.05) is 44.8 Å². The Kier molecular flexibility index (Phi) is 11.2. The van der Waals surface area contributed by atoms with Crippen molar-refractivity contribution < 1.29 is 0 Å². The van der Waals surface area contributed by atoms with Crippen LogP contribution >= 0.6 is 0 Å². The number of aryl methyl sites for hydroxylation is 1. The maximum absolute atomic E-state index is 5.72. The van der Waals surface area contributed by atoms with Gasteiger partial charge in [0.1, 0.15) is 0 Å². The summed E-state index contributed by atoms with van der Waals surface area (Å²) in [4.78, 5) is 4.63. The molecule has 2 heteroatoms. The first-order chi connectivity index (χ1) is 10.4. The molecule has 0 unspecified atom stereocenters. The minimum absolute atomic E-state index is 0.795. The zero-order chi connectivity index (χ0) is 17.0. The van der Waals surface area contributed by atoms with Crippen LogP contribution in [0.1, 0.15) is 72.3 Å². The van der Waals surface area contributed by atoms with Crippen LogP contribution in [-0.2, 0) is 0 Å². The summed E-state index contributed by atoms with van der Waals surface area (Å²) >= 11 is 0. The average molecular weight is 303 g/mol. The molecule has 1 aromatic rings. The van der Waals surface area contributed by atoms with E-state index in [-0.39, 0.29) is 0 Å². The summed E-state index contributed by atoms with van der Waals surface area (Å²) in [6.45, 7) is 12.8. The minimum atomic E-state index is 0.795. The fourth-order valence-electron chi connectivity index (χ4n) is 1.99. The number of nitrogens with two attached hydrogens (primary N) is 1. The molecule has 0 spiro atoms. The third kappa shape index (κ3) is 10.2. The van der Waals surface area contributed by atoms with Crippen molar-refractivity contribution in [3.05, 3.63) is 35.4 Å². The Bertz CT molecular complexity index is 478. The molecule has 0 fully saturated rings. The molecule has 0 aromatic heterocycles. The van der Waals surface area contributed by atoms with Crippen molar-refractivity contribution >= 4 is 17.1 Å². The number of unbranched alkanes of at least 4 members (excludes halogenated alkanes) is 2. The van der Waals surface area contributed by atoms with Crippen LogP contribution in [0.3, 0.4) is 0 Å². The molecule has 0 aliphatic rings. The van der Waals surface area contributed by atoms with Crippen LogP contribution in [0.15, 0.2) is 34.8 Å². The number of hydrogen-bond acceptors (Lipinski definition) is 2. The number of hydrogen-bond donors (Lipinski definition) is 1. The van der Waals surface area contributed by atoms with Crippen molar-refractivity contribution in [1.82, 2.24) is 0 Å². The molecule has 2 N–H and O–H groups in total. The smallest absolute Gasteiger partial charge is 0.0659 e. The number of rotatable bonds is 6. The normalized spacial score (nSPS) is 10.7. The summed E-state index contributed by atoms with van der Waals surface area (Å²) < 4.78 is 0. The first-order valence-corrected chi connectivity index (χ1v) is 8.44. The van der Waals surface area contributed by atoms with Gasteiger partial charge in [-0.15, -0.1) is 0 Å². The summed E-state index contributed by atoms with van der Waals surface area (Å²) in [7, 11) is 0. The highest BCUT2D eigenvalue weighted by atomic mass is 14.7. The fourth-order valence-corrected chi connectivity index (χ4v) is 1.99. The van der Waals surface area contributed by atoms with Crippen molar-refractivity contribution in [3.8, 4) is 0 Å². The van der Waals surface area contributed by atoms with Crippen molar-refractivity contribution in [1.29, 1.82) is 0 Å². The summed E-state index contributed by atoms with van der Waals surface area (Å²) in [6.07, 6.45) is 8.39. The molecule has 0 atom stereocenters. The minimum Gasteiger partial charge on any atom is -0.399 e. The first kappa shape index (κ1) is 20.4. The summed E-state index contributed by atoms with van der Waals surface area (Å²) in [5.41, 5.74) is 11.2. The van der Waals surface area contributed by atoms with E-state index in [1.54, 1.807) is 0 Å². The Morgan fingerprint density at radius 3 is 2.23 bits per heavy atom. The number of nitrogen functional groups attached to an aromatic ring is 1. The van der Waals surface area contributed by atoms with E-state index in [1.165, 1.54) is 24.8 Å². The lowest BCUT2D eigenvalue weighted by Gasteiger charge is -2.04. The lowest BCUT2D eigenvalue weighted by Crippen LogP contribution is -1.91. The Balaban J connectivity index is 0.000000763. The van der Waals surface area contributed by atoms with Gasteiger partial charge in [-0.25, -0.2) is 0 Å².